The van der Waals surface area contributed by atoms with E-state index in [1.807, 2.05) is 0 Å². The van der Waals surface area contributed by atoms with Crippen molar-refractivity contribution in [3.8, 4) is 0 Å². The van der Waals surface area contributed by atoms with Gasteiger partial charge in [-0.1, -0.05) is 20.4 Å². The summed E-state index contributed by atoms with van der Waals surface area (Å²) >= 11 is 0. The molecule has 0 amide bonds. The predicted molar refractivity (Wildman–Crippen MR) is 53.3 cm³/mol. The number of carbonyl (C=O) groups is 2. The molecular formula is C10H16O5. The molecule has 1 unspecified atom stereocenters. The van der Waals surface area contributed by atoms with Crippen molar-refractivity contribution in [2.45, 2.75) is 20.0 Å². The van der Waals surface area contributed by atoms with E-state index in [9.17, 15) is 9.59 Å². The van der Waals surface area contributed by atoms with Crippen LogP contribution in [0.25, 0.3) is 0 Å². The summed E-state index contributed by atoms with van der Waals surface area (Å²) < 4.78 is 13.7. The Balaban J connectivity index is 4.60. The Hall–Kier alpha value is -1.52. The van der Waals surface area contributed by atoms with E-state index in [4.69, 9.17) is 4.74 Å². The fourth-order valence-electron chi connectivity index (χ4n) is 1.01. The number of rotatable bonds is 4. The fraction of sp³-hybridized carbons (Fsp3) is 0.600. The van der Waals surface area contributed by atoms with Crippen LogP contribution in [0.1, 0.15) is 13.8 Å². The van der Waals surface area contributed by atoms with Crippen molar-refractivity contribution in [2.24, 2.45) is 5.92 Å². The van der Waals surface area contributed by atoms with Gasteiger partial charge in [0.05, 0.1) is 19.8 Å². The third kappa shape index (κ3) is 4.01. The molecular weight excluding hydrogens is 200 g/mol. The molecule has 0 aliphatic carbocycles. The van der Waals surface area contributed by atoms with Crippen molar-refractivity contribution in [1.29, 1.82) is 0 Å². The summed E-state index contributed by atoms with van der Waals surface area (Å²) in [6, 6.07) is 0. The fourth-order valence-corrected chi connectivity index (χ4v) is 1.01. The lowest BCUT2D eigenvalue weighted by atomic mass is 10.0. The van der Waals surface area contributed by atoms with Crippen LogP contribution in [0.4, 0.5) is 4.79 Å². The molecule has 0 radical (unpaired) electrons. The first-order chi connectivity index (χ1) is 6.93. The quantitative estimate of drug-likeness (QED) is 0.526. The van der Waals surface area contributed by atoms with E-state index in [1.165, 1.54) is 14.2 Å². The van der Waals surface area contributed by atoms with Crippen molar-refractivity contribution < 1.29 is 23.8 Å². The van der Waals surface area contributed by atoms with Gasteiger partial charge in [0.2, 0.25) is 0 Å². The molecule has 0 fully saturated rings. The first kappa shape index (κ1) is 13.5. The average Bonchev–Trinajstić information content (AvgIpc) is 2.22. The molecule has 0 saturated heterocycles. The summed E-state index contributed by atoms with van der Waals surface area (Å²) in [4.78, 5) is 22.1. The van der Waals surface area contributed by atoms with Gasteiger partial charge >= 0.3 is 12.1 Å². The van der Waals surface area contributed by atoms with E-state index >= 15 is 0 Å². The van der Waals surface area contributed by atoms with Crippen LogP contribution in [-0.4, -0.2) is 32.4 Å². The molecule has 1 atom stereocenters. The van der Waals surface area contributed by atoms with Crippen LogP contribution in [0.5, 0.6) is 0 Å². The number of methoxy groups -OCH3 is 2. The standard InChI is InChI=1S/C10H16O5/c1-6(2)8(15-10(12)14-5)7(3)9(11)13-4/h6,8H,3H2,1-2,4-5H3. The largest absolute Gasteiger partial charge is 0.508 e. The van der Waals surface area contributed by atoms with Crippen LogP contribution >= 0.6 is 0 Å². The molecule has 0 N–H and O–H groups in total. The molecule has 0 aromatic heterocycles. The number of carbonyl (C=O) groups excluding carboxylic acids is 2. The topological polar surface area (TPSA) is 61.8 Å². The molecule has 0 aliphatic heterocycles. The van der Waals surface area contributed by atoms with E-state index in [-0.39, 0.29) is 11.5 Å². The summed E-state index contributed by atoms with van der Waals surface area (Å²) in [6.45, 7) is 7.11. The van der Waals surface area contributed by atoms with E-state index in [1.54, 1.807) is 13.8 Å². The van der Waals surface area contributed by atoms with E-state index < -0.39 is 18.2 Å². The van der Waals surface area contributed by atoms with Crippen LogP contribution in [0.2, 0.25) is 0 Å². The third-order valence-corrected chi connectivity index (χ3v) is 1.79. The summed E-state index contributed by atoms with van der Waals surface area (Å²) in [5.41, 5.74) is 0.0953. The van der Waals surface area contributed by atoms with Gasteiger partial charge in [0.1, 0.15) is 6.10 Å². The zero-order chi connectivity index (χ0) is 12.0. The van der Waals surface area contributed by atoms with Gasteiger partial charge < -0.3 is 14.2 Å². The molecule has 0 bridgehead atoms. The SMILES string of the molecule is C=C(C(=O)OC)C(OC(=O)OC)C(C)C. The lowest BCUT2D eigenvalue weighted by Gasteiger charge is -2.21. The number of hydrogen-bond acceptors (Lipinski definition) is 5. The average molecular weight is 216 g/mol. The van der Waals surface area contributed by atoms with Crippen LogP contribution in [0.3, 0.4) is 0 Å². The van der Waals surface area contributed by atoms with E-state index in [0.717, 1.165) is 0 Å². The molecule has 0 aromatic carbocycles. The number of esters is 1. The Labute approximate surface area is 89.0 Å². The van der Waals surface area contributed by atoms with Gasteiger partial charge in [0.15, 0.2) is 0 Å². The summed E-state index contributed by atoms with van der Waals surface area (Å²) in [5, 5.41) is 0. The smallest absolute Gasteiger partial charge is 0.466 e. The van der Waals surface area contributed by atoms with Gasteiger partial charge in [-0.2, -0.15) is 0 Å². The lowest BCUT2D eigenvalue weighted by Crippen LogP contribution is -2.29. The highest BCUT2D eigenvalue weighted by Gasteiger charge is 2.26. The van der Waals surface area contributed by atoms with E-state index in [0.29, 0.717) is 0 Å². The second kappa shape index (κ2) is 6.06. The van der Waals surface area contributed by atoms with Crippen molar-refractivity contribution >= 4 is 12.1 Å². The Morgan fingerprint density at radius 2 is 1.67 bits per heavy atom. The monoisotopic (exact) mass is 216 g/mol. The van der Waals surface area contributed by atoms with Crippen LogP contribution in [-0.2, 0) is 19.0 Å². The maximum absolute atomic E-state index is 11.2. The molecule has 0 aromatic rings. The van der Waals surface area contributed by atoms with Crippen LogP contribution in [0.15, 0.2) is 12.2 Å². The van der Waals surface area contributed by atoms with Crippen molar-refractivity contribution in [1.82, 2.24) is 0 Å². The highest BCUT2D eigenvalue weighted by Crippen LogP contribution is 2.16. The second-order valence-electron chi connectivity index (χ2n) is 3.25. The molecule has 0 spiro atoms. The minimum atomic E-state index is -0.848. The normalized spacial score (nSPS) is 11.8. The Bertz CT molecular complexity index is 257. The first-order valence-corrected chi connectivity index (χ1v) is 4.45. The van der Waals surface area contributed by atoms with Crippen LogP contribution < -0.4 is 0 Å². The molecule has 0 rings (SSSR count). The summed E-state index contributed by atoms with van der Waals surface area (Å²) in [7, 11) is 2.43. The van der Waals surface area contributed by atoms with Gasteiger partial charge in [-0.05, 0) is 5.92 Å². The molecule has 5 heteroatoms. The number of ether oxygens (including phenoxy) is 3. The summed E-state index contributed by atoms with van der Waals surface area (Å²) in [6.07, 6.45) is -1.58. The van der Waals surface area contributed by atoms with Crippen molar-refractivity contribution in [3.05, 3.63) is 12.2 Å². The third-order valence-electron chi connectivity index (χ3n) is 1.79. The maximum Gasteiger partial charge on any atom is 0.508 e. The van der Waals surface area contributed by atoms with Gasteiger partial charge in [-0.15, -0.1) is 0 Å². The molecule has 5 nitrogen and oxygen atoms in total. The minimum Gasteiger partial charge on any atom is -0.466 e. The zero-order valence-electron chi connectivity index (χ0n) is 9.40. The summed E-state index contributed by atoms with van der Waals surface area (Å²) in [5.74, 6) is -0.687. The lowest BCUT2D eigenvalue weighted by molar-refractivity contribution is -0.137. The first-order valence-electron chi connectivity index (χ1n) is 4.45. The second-order valence-corrected chi connectivity index (χ2v) is 3.25. The van der Waals surface area contributed by atoms with E-state index in [2.05, 4.69) is 16.1 Å². The van der Waals surface area contributed by atoms with Gasteiger partial charge in [-0.25, -0.2) is 9.59 Å². The molecule has 0 saturated carbocycles. The van der Waals surface area contributed by atoms with Crippen molar-refractivity contribution in [3.63, 3.8) is 0 Å². The molecule has 15 heavy (non-hydrogen) atoms. The highest BCUT2D eigenvalue weighted by molar-refractivity contribution is 5.89. The van der Waals surface area contributed by atoms with Gasteiger partial charge in [0.25, 0.3) is 0 Å². The molecule has 0 aliphatic rings. The van der Waals surface area contributed by atoms with Gasteiger partial charge in [0, 0.05) is 0 Å². The molecule has 86 valence electrons. The Kier molecular flexibility index (Phi) is 5.44. The van der Waals surface area contributed by atoms with Gasteiger partial charge in [-0.3, -0.25) is 0 Å². The van der Waals surface area contributed by atoms with Crippen molar-refractivity contribution in [2.75, 3.05) is 14.2 Å². The molecule has 0 heterocycles. The predicted octanol–water partition coefficient (Wildman–Crippen LogP) is 1.52. The number of hydrogen-bond donors (Lipinski definition) is 0. The zero-order valence-corrected chi connectivity index (χ0v) is 9.40. The maximum atomic E-state index is 11.2. The highest BCUT2D eigenvalue weighted by atomic mass is 16.7. The van der Waals surface area contributed by atoms with Crippen LogP contribution in [0, 0.1) is 5.92 Å². The minimum absolute atomic E-state index is 0.0873. The Morgan fingerprint density at radius 1 is 1.13 bits per heavy atom. The Morgan fingerprint density at radius 3 is 2.00 bits per heavy atom.